The predicted octanol–water partition coefficient (Wildman–Crippen LogP) is 6.70. The van der Waals surface area contributed by atoms with Gasteiger partial charge < -0.3 is 10.4 Å². The van der Waals surface area contributed by atoms with Crippen LogP contribution in [0.1, 0.15) is 21.7 Å². The highest BCUT2D eigenvalue weighted by Gasteiger charge is 2.32. The van der Waals surface area contributed by atoms with E-state index in [1.807, 2.05) is 42.5 Å². The second-order valence-electron chi connectivity index (χ2n) is 9.36. The van der Waals surface area contributed by atoms with Gasteiger partial charge in [-0.15, -0.1) is 5.10 Å². The molecular weight excluding hydrogens is 569 g/mol. The molecule has 1 atom stereocenters. The number of carboxylic acid groups (broad SMARTS) is 1. The molecule has 0 fully saturated rings. The van der Waals surface area contributed by atoms with E-state index in [9.17, 15) is 27.9 Å². The third-order valence-electron chi connectivity index (χ3n) is 6.44. The fourth-order valence-corrected chi connectivity index (χ4v) is 4.42. The van der Waals surface area contributed by atoms with E-state index in [0.717, 1.165) is 27.9 Å². The van der Waals surface area contributed by atoms with Crippen molar-refractivity contribution < 1.29 is 27.9 Å². The summed E-state index contributed by atoms with van der Waals surface area (Å²) in [4.78, 5) is 29.8. The van der Waals surface area contributed by atoms with Gasteiger partial charge in [0.25, 0.3) is 5.91 Å². The Bertz CT molecular complexity index is 1720. The van der Waals surface area contributed by atoms with Gasteiger partial charge in [-0.05, 0) is 47.0 Å². The van der Waals surface area contributed by atoms with Crippen molar-refractivity contribution in [1.29, 1.82) is 0 Å². The Labute approximate surface area is 243 Å². The van der Waals surface area contributed by atoms with Crippen LogP contribution in [0.25, 0.3) is 28.2 Å². The van der Waals surface area contributed by atoms with Gasteiger partial charge in [-0.3, -0.25) is 4.79 Å². The number of carboxylic acids is 1. The van der Waals surface area contributed by atoms with Crippen molar-refractivity contribution in [3.05, 3.63) is 125 Å². The lowest BCUT2D eigenvalue weighted by Crippen LogP contribution is -2.43. The minimum absolute atomic E-state index is 0.0657. The molecule has 2 N–H and O–H groups in total. The highest BCUT2D eigenvalue weighted by atomic mass is 35.5. The molecule has 0 spiro atoms. The average Bonchev–Trinajstić information content (AvgIpc) is 3.44. The van der Waals surface area contributed by atoms with Crippen LogP contribution in [0.15, 0.2) is 103 Å². The minimum atomic E-state index is -4.64. The molecule has 42 heavy (non-hydrogen) atoms. The summed E-state index contributed by atoms with van der Waals surface area (Å²) in [7, 11) is 0. The fourth-order valence-electron chi connectivity index (χ4n) is 4.30. The van der Waals surface area contributed by atoms with Crippen molar-refractivity contribution in [2.75, 3.05) is 0 Å². The Hall–Kier alpha value is -4.96. The highest BCUT2D eigenvalue weighted by Crippen LogP contribution is 2.31. The molecule has 0 bridgehead atoms. The Morgan fingerprint density at radius 3 is 2.14 bits per heavy atom. The summed E-state index contributed by atoms with van der Waals surface area (Å²) in [5, 5.41) is 17.0. The van der Waals surface area contributed by atoms with Gasteiger partial charge in [0, 0.05) is 17.0 Å². The van der Waals surface area contributed by atoms with E-state index in [2.05, 4.69) is 15.4 Å². The SMILES string of the molecule is O=C(NC(Cc1ccc(Cl)cc1)C(=O)O)c1nc(-c2ccc(-c3ccccc3)cc2)nn1-c1cccc(C(F)(F)F)c1. The monoisotopic (exact) mass is 590 g/mol. The molecule has 4 aromatic carbocycles. The number of nitrogens with one attached hydrogen (secondary N) is 1. The molecule has 11 heteroatoms. The normalized spacial score (nSPS) is 12.1. The zero-order valence-corrected chi connectivity index (χ0v) is 22.5. The fraction of sp³-hybridized carbons (Fsp3) is 0.0968. The van der Waals surface area contributed by atoms with Gasteiger partial charge in [0.1, 0.15) is 6.04 Å². The largest absolute Gasteiger partial charge is 0.480 e. The molecule has 1 aromatic heterocycles. The van der Waals surface area contributed by atoms with E-state index in [0.29, 0.717) is 16.1 Å². The van der Waals surface area contributed by atoms with Gasteiger partial charge in [-0.1, -0.05) is 84.4 Å². The van der Waals surface area contributed by atoms with Crippen molar-refractivity contribution in [3.8, 4) is 28.2 Å². The Balaban J connectivity index is 1.51. The third kappa shape index (κ3) is 6.50. The average molecular weight is 591 g/mol. The first-order valence-electron chi connectivity index (χ1n) is 12.7. The summed E-state index contributed by atoms with van der Waals surface area (Å²) in [6.07, 6.45) is -4.70. The molecule has 1 heterocycles. The predicted molar refractivity (Wildman–Crippen MR) is 151 cm³/mol. The molecule has 5 rings (SSSR count). The van der Waals surface area contributed by atoms with Gasteiger partial charge in [0.15, 0.2) is 5.82 Å². The van der Waals surface area contributed by atoms with Crippen LogP contribution >= 0.6 is 11.6 Å². The summed E-state index contributed by atoms with van der Waals surface area (Å²) in [5.74, 6) is -2.53. The van der Waals surface area contributed by atoms with Gasteiger partial charge in [0.05, 0.1) is 11.3 Å². The van der Waals surface area contributed by atoms with E-state index >= 15 is 0 Å². The van der Waals surface area contributed by atoms with Crippen molar-refractivity contribution in [3.63, 3.8) is 0 Å². The molecule has 5 aromatic rings. The summed E-state index contributed by atoms with van der Waals surface area (Å²) < 4.78 is 41.4. The molecule has 1 unspecified atom stereocenters. The van der Waals surface area contributed by atoms with E-state index in [1.165, 1.54) is 12.1 Å². The summed E-state index contributed by atoms with van der Waals surface area (Å²) >= 11 is 5.91. The summed E-state index contributed by atoms with van der Waals surface area (Å²) in [6, 6.07) is 26.1. The van der Waals surface area contributed by atoms with Crippen LogP contribution in [-0.2, 0) is 17.4 Å². The van der Waals surface area contributed by atoms with Gasteiger partial charge >= 0.3 is 12.1 Å². The molecule has 1 amide bonds. The summed E-state index contributed by atoms with van der Waals surface area (Å²) in [6.45, 7) is 0. The van der Waals surface area contributed by atoms with Crippen molar-refractivity contribution in [1.82, 2.24) is 20.1 Å². The minimum Gasteiger partial charge on any atom is -0.480 e. The van der Waals surface area contributed by atoms with Crippen LogP contribution in [0.4, 0.5) is 13.2 Å². The van der Waals surface area contributed by atoms with Crippen LogP contribution in [0.5, 0.6) is 0 Å². The first-order chi connectivity index (χ1) is 20.1. The standard InChI is InChI=1S/C31H22ClF3N4O3/c32-24-15-9-19(10-16-24)17-26(30(41)42)36-29(40)28-37-27(22-13-11-21(12-14-22)20-5-2-1-3-6-20)38-39(28)25-8-4-7-23(18-25)31(33,34)35/h1-16,18,26H,17H2,(H,36,40)(H,41,42). The number of amides is 1. The molecule has 0 saturated heterocycles. The lowest BCUT2D eigenvalue weighted by molar-refractivity contribution is -0.139. The Morgan fingerprint density at radius 1 is 0.857 bits per heavy atom. The highest BCUT2D eigenvalue weighted by molar-refractivity contribution is 6.30. The first-order valence-corrected chi connectivity index (χ1v) is 13.0. The number of alkyl halides is 3. The second kappa shape index (κ2) is 11.9. The first kappa shape index (κ1) is 28.6. The second-order valence-corrected chi connectivity index (χ2v) is 9.79. The lowest BCUT2D eigenvalue weighted by atomic mass is 10.0. The number of hydrogen-bond donors (Lipinski definition) is 2. The van der Waals surface area contributed by atoms with E-state index < -0.39 is 29.7 Å². The maximum absolute atomic E-state index is 13.5. The zero-order valence-electron chi connectivity index (χ0n) is 21.7. The van der Waals surface area contributed by atoms with Crippen LogP contribution in [0.3, 0.4) is 0 Å². The molecule has 0 aliphatic carbocycles. The van der Waals surface area contributed by atoms with Crippen LogP contribution in [0.2, 0.25) is 5.02 Å². The number of nitrogens with zero attached hydrogens (tertiary/aromatic N) is 3. The number of rotatable bonds is 8. The number of aliphatic carboxylic acids is 1. The Morgan fingerprint density at radius 2 is 1.50 bits per heavy atom. The maximum Gasteiger partial charge on any atom is 0.416 e. The van der Waals surface area contributed by atoms with Gasteiger partial charge in [-0.2, -0.15) is 13.2 Å². The topological polar surface area (TPSA) is 97.1 Å². The van der Waals surface area contributed by atoms with E-state index in [1.54, 1.807) is 36.4 Å². The van der Waals surface area contributed by atoms with Crippen molar-refractivity contribution in [2.45, 2.75) is 18.6 Å². The lowest BCUT2D eigenvalue weighted by Gasteiger charge is -2.15. The van der Waals surface area contributed by atoms with Gasteiger partial charge in [0.2, 0.25) is 5.82 Å². The van der Waals surface area contributed by atoms with Crippen LogP contribution < -0.4 is 5.32 Å². The summed E-state index contributed by atoms with van der Waals surface area (Å²) in [5.41, 5.74) is 1.99. The van der Waals surface area contributed by atoms with Crippen LogP contribution in [0, 0.1) is 0 Å². The van der Waals surface area contributed by atoms with E-state index in [4.69, 9.17) is 11.6 Å². The smallest absolute Gasteiger partial charge is 0.416 e. The number of carbonyl (C=O) groups excluding carboxylic acids is 1. The van der Waals surface area contributed by atoms with Crippen molar-refractivity contribution >= 4 is 23.5 Å². The quantitative estimate of drug-likeness (QED) is 0.210. The number of hydrogen-bond acceptors (Lipinski definition) is 4. The molecule has 0 radical (unpaired) electrons. The van der Waals surface area contributed by atoms with Crippen LogP contribution in [-0.4, -0.2) is 37.8 Å². The molecule has 0 saturated carbocycles. The zero-order chi connectivity index (χ0) is 29.9. The third-order valence-corrected chi connectivity index (χ3v) is 6.69. The maximum atomic E-state index is 13.5. The van der Waals surface area contributed by atoms with E-state index in [-0.39, 0.29) is 23.8 Å². The molecule has 7 nitrogen and oxygen atoms in total. The Kier molecular flexibility index (Phi) is 8.08. The van der Waals surface area contributed by atoms with Gasteiger partial charge in [-0.25, -0.2) is 14.5 Å². The van der Waals surface area contributed by atoms with Crippen molar-refractivity contribution in [2.24, 2.45) is 0 Å². The number of carbonyl (C=O) groups is 2. The number of benzene rings is 4. The molecule has 0 aliphatic rings. The number of aromatic nitrogens is 3. The molecule has 0 aliphatic heterocycles. The number of halogens is 4. The molecule has 212 valence electrons. The molecular formula is C31H22ClF3N4O3.